The summed E-state index contributed by atoms with van der Waals surface area (Å²) < 4.78 is 0. The average Bonchev–Trinajstić information content (AvgIpc) is 2.41. The summed E-state index contributed by atoms with van der Waals surface area (Å²) in [6.45, 7) is 11.4. The van der Waals surface area contributed by atoms with Crippen molar-refractivity contribution in [2.75, 3.05) is 52.4 Å². The smallest absolute Gasteiger partial charge is 0.00205 e. The minimum atomic E-state index is 0.988. The minimum Gasteiger partial charge on any atom is -0.317 e. The fourth-order valence-corrected chi connectivity index (χ4v) is 2.45. The largest absolute Gasteiger partial charge is 0.317 e. The highest BCUT2D eigenvalue weighted by molar-refractivity contribution is 4.71. The third-order valence-corrected chi connectivity index (χ3v) is 4.03. The normalized spacial score (nSPS) is 15.4. The van der Waals surface area contributed by atoms with E-state index in [1.807, 2.05) is 0 Å². The van der Waals surface area contributed by atoms with Crippen LogP contribution in [0, 0.1) is 5.92 Å². The molecule has 0 aromatic rings. The van der Waals surface area contributed by atoms with Gasteiger partial charge in [-0.2, -0.15) is 0 Å². The molecule has 0 radical (unpaired) electrons. The summed E-state index contributed by atoms with van der Waals surface area (Å²) in [5, 5.41) is 13.9. The van der Waals surface area contributed by atoms with E-state index in [2.05, 4.69) is 28.2 Å². The van der Waals surface area contributed by atoms with Crippen molar-refractivity contribution in [1.29, 1.82) is 0 Å². The second-order valence-electron chi connectivity index (χ2n) is 5.92. The molecule has 1 saturated carbocycles. The molecule has 0 spiro atoms. The molecular formula is C16H36N4. The van der Waals surface area contributed by atoms with E-state index in [1.165, 1.54) is 51.6 Å². The van der Waals surface area contributed by atoms with Crippen LogP contribution in [0.25, 0.3) is 0 Å². The van der Waals surface area contributed by atoms with E-state index < -0.39 is 0 Å². The van der Waals surface area contributed by atoms with Gasteiger partial charge in [0.2, 0.25) is 0 Å². The molecule has 4 nitrogen and oxygen atoms in total. The Kier molecular flexibility index (Phi) is 12.3. The Hall–Kier alpha value is -0.160. The highest BCUT2D eigenvalue weighted by Crippen LogP contribution is 2.24. The molecule has 0 amide bonds. The molecule has 0 heterocycles. The molecule has 4 heteroatoms. The second kappa shape index (κ2) is 13.8. The lowest BCUT2D eigenvalue weighted by molar-refractivity contribution is 0.301. The van der Waals surface area contributed by atoms with Gasteiger partial charge >= 0.3 is 0 Å². The van der Waals surface area contributed by atoms with E-state index in [0.29, 0.717) is 0 Å². The van der Waals surface area contributed by atoms with Crippen molar-refractivity contribution >= 4 is 0 Å². The molecule has 0 aromatic carbocycles. The summed E-state index contributed by atoms with van der Waals surface area (Å²) in [6.07, 6.45) is 8.07. The monoisotopic (exact) mass is 284 g/mol. The van der Waals surface area contributed by atoms with Crippen molar-refractivity contribution in [2.24, 2.45) is 5.92 Å². The first kappa shape index (κ1) is 17.9. The average molecular weight is 284 g/mol. The quantitative estimate of drug-likeness (QED) is 0.343. The summed E-state index contributed by atoms with van der Waals surface area (Å²) in [6, 6.07) is 0. The number of hydrogen-bond donors (Lipinski definition) is 4. The van der Waals surface area contributed by atoms with Gasteiger partial charge in [0.1, 0.15) is 0 Å². The molecule has 1 fully saturated rings. The Labute approximate surface area is 125 Å². The maximum absolute atomic E-state index is 3.56. The van der Waals surface area contributed by atoms with Gasteiger partial charge in [0.15, 0.2) is 0 Å². The van der Waals surface area contributed by atoms with Gasteiger partial charge in [0, 0.05) is 0 Å². The van der Waals surface area contributed by atoms with E-state index in [4.69, 9.17) is 0 Å². The van der Waals surface area contributed by atoms with Crippen LogP contribution in [0.15, 0.2) is 0 Å². The molecule has 120 valence electrons. The highest BCUT2D eigenvalue weighted by Gasteiger charge is 2.15. The summed E-state index contributed by atoms with van der Waals surface area (Å²) in [7, 11) is 0. The first-order chi connectivity index (χ1) is 9.93. The van der Waals surface area contributed by atoms with Crippen molar-refractivity contribution in [3.8, 4) is 0 Å². The predicted molar refractivity (Wildman–Crippen MR) is 88.3 cm³/mol. The molecule has 1 aliphatic rings. The number of hydrogen-bond acceptors (Lipinski definition) is 4. The maximum atomic E-state index is 3.56. The van der Waals surface area contributed by atoms with Gasteiger partial charge in [0.25, 0.3) is 0 Å². The first-order valence-corrected chi connectivity index (χ1v) is 8.76. The Morgan fingerprint density at radius 2 is 1.20 bits per heavy atom. The van der Waals surface area contributed by atoms with E-state index in [1.54, 1.807) is 0 Å². The van der Waals surface area contributed by atoms with Crippen molar-refractivity contribution in [1.82, 2.24) is 21.3 Å². The van der Waals surface area contributed by atoms with Crippen molar-refractivity contribution < 1.29 is 0 Å². The first-order valence-electron chi connectivity index (χ1n) is 8.76. The topological polar surface area (TPSA) is 48.1 Å². The fourth-order valence-electron chi connectivity index (χ4n) is 2.45. The SMILES string of the molecule is CCNCCCNCCCNCCCNCC1CCC1. The van der Waals surface area contributed by atoms with Crippen LogP contribution < -0.4 is 21.3 Å². The number of nitrogens with one attached hydrogen (secondary N) is 4. The van der Waals surface area contributed by atoms with Gasteiger partial charge in [-0.05, 0) is 90.4 Å². The highest BCUT2D eigenvalue weighted by atomic mass is 14.9. The zero-order valence-electron chi connectivity index (χ0n) is 13.5. The van der Waals surface area contributed by atoms with Gasteiger partial charge in [-0.15, -0.1) is 0 Å². The van der Waals surface area contributed by atoms with Gasteiger partial charge in [-0.1, -0.05) is 13.3 Å². The van der Waals surface area contributed by atoms with Gasteiger partial charge in [0.05, 0.1) is 0 Å². The molecule has 0 aromatic heterocycles. The maximum Gasteiger partial charge on any atom is -0.00205 e. The molecule has 0 unspecified atom stereocenters. The Morgan fingerprint density at radius 1 is 0.700 bits per heavy atom. The van der Waals surface area contributed by atoms with E-state index in [0.717, 1.165) is 45.2 Å². The van der Waals surface area contributed by atoms with E-state index in [9.17, 15) is 0 Å². The van der Waals surface area contributed by atoms with E-state index >= 15 is 0 Å². The summed E-state index contributed by atoms with van der Waals surface area (Å²) >= 11 is 0. The van der Waals surface area contributed by atoms with Crippen LogP contribution in [0.2, 0.25) is 0 Å². The third-order valence-electron chi connectivity index (χ3n) is 4.03. The third kappa shape index (κ3) is 10.6. The van der Waals surface area contributed by atoms with Gasteiger partial charge in [-0.25, -0.2) is 0 Å². The predicted octanol–water partition coefficient (Wildman–Crippen LogP) is 1.34. The standard InChI is InChI=1S/C16H36N4/c1-2-17-9-4-10-18-11-5-12-19-13-6-14-20-15-16-7-3-8-16/h16-20H,2-15H2,1H3. The van der Waals surface area contributed by atoms with Crippen LogP contribution in [0.5, 0.6) is 0 Å². The molecule has 0 bridgehead atoms. The molecule has 0 atom stereocenters. The molecule has 0 aliphatic heterocycles. The van der Waals surface area contributed by atoms with Crippen LogP contribution >= 0.6 is 0 Å². The molecule has 4 N–H and O–H groups in total. The van der Waals surface area contributed by atoms with Crippen LogP contribution in [-0.4, -0.2) is 52.4 Å². The molecule has 0 saturated heterocycles. The summed E-state index contributed by atoms with van der Waals surface area (Å²) in [4.78, 5) is 0. The molecule has 1 aliphatic carbocycles. The van der Waals surface area contributed by atoms with Crippen LogP contribution in [0.4, 0.5) is 0 Å². The van der Waals surface area contributed by atoms with Gasteiger partial charge in [-0.3, -0.25) is 0 Å². The minimum absolute atomic E-state index is 0.988. The number of rotatable bonds is 15. The van der Waals surface area contributed by atoms with Crippen molar-refractivity contribution in [3.63, 3.8) is 0 Å². The van der Waals surface area contributed by atoms with Crippen LogP contribution in [0.3, 0.4) is 0 Å². The molecule has 1 rings (SSSR count). The Bertz CT molecular complexity index is 195. The van der Waals surface area contributed by atoms with Crippen LogP contribution in [0.1, 0.15) is 45.4 Å². The van der Waals surface area contributed by atoms with Crippen molar-refractivity contribution in [3.05, 3.63) is 0 Å². The van der Waals surface area contributed by atoms with E-state index in [-0.39, 0.29) is 0 Å². The lowest BCUT2D eigenvalue weighted by Gasteiger charge is -2.25. The molecule has 20 heavy (non-hydrogen) atoms. The Morgan fingerprint density at radius 3 is 1.65 bits per heavy atom. The second-order valence-corrected chi connectivity index (χ2v) is 5.92. The zero-order chi connectivity index (χ0) is 14.3. The van der Waals surface area contributed by atoms with Gasteiger partial charge < -0.3 is 21.3 Å². The Balaban J connectivity index is 1.62. The molecular weight excluding hydrogens is 248 g/mol. The van der Waals surface area contributed by atoms with Crippen molar-refractivity contribution in [2.45, 2.75) is 45.4 Å². The zero-order valence-corrected chi connectivity index (χ0v) is 13.5. The summed E-state index contributed by atoms with van der Waals surface area (Å²) in [5.41, 5.74) is 0. The fraction of sp³-hybridized carbons (Fsp3) is 1.00. The lowest BCUT2D eigenvalue weighted by Crippen LogP contribution is -2.30. The lowest BCUT2D eigenvalue weighted by atomic mass is 9.85. The summed E-state index contributed by atoms with van der Waals surface area (Å²) in [5.74, 6) is 0.988. The van der Waals surface area contributed by atoms with Crippen LogP contribution in [-0.2, 0) is 0 Å².